The molecule has 2 aromatic carbocycles. The molecule has 0 radical (unpaired) electrons. The zero-order valence-corrected chi connectivity index (χ0v) is 26.2. The lowest BCUT2D eigenvalue weighted by Gasteiger charge is -2.39. The first-order valence-corrected chi connectivity index (χ1v) is 16.2. The molecule has 2 aliphatic carbocycles. The SMILES string of the molecule is CC(C)(C)c1ccc(C(=O)Nc2cc(C(=O)NC3CCC(N)CC3)ccc2N2CCN(C(=O)C3CCCCC3)CC2)cc1. The molecule has 1 saturated heterocycles. The molecule has 2 aromatic rings. The molecule has 2 saturated carbocycles. The molecule has 43 heavy (non-hydrogen) atoms. The van der Waals surface area contributed by atoms with Crippen LogP contribution in [-0.4, -0.2) is 60.9 Å². The third-order valence-electron chi connectivity index (χ3n) is 9.51. The van der Waals surface area contributed by atoms with Crippen LogP contribution in [0.2, 0.25) is 0 Å². The van der Waals surface area contributed by atoms with Crippen LogP contribution in [0.5, 0.6) is 0 Å². The zero-order chi connectivity index (χ0) is 30.6. The topological polar surface area (TPSA) is 108 Å². The first-order chi connectivity index (χ1) is 20.6. The third-order valence-corrected chi connectivity index (χ3v) is 9.51. The molecule has 8 heteroatoms. The summed E-state index contributed by atoms with van der Waals surface area (Å²) in [4.78, 5) is 44.1. The number of carbonyl (C=O) groups excluding carboxylic acids is 3. The second-order valence-corrected chi connectivity index (χ2v) is 13.7. The standard InChI is InChI=1S/C35H49N5O3/c1-35(2,3)27-12-9-24(10-13-27)32(41)38-30-23-26(33(42)37-29-16-14-28(36)15-17-29)11-18-31(30)39-19-21-40(22-20-39)34(43)25-7-5-4-6-8-25/h9-13,18,23,25,28-29H,4-8,14-17,19-22,36H2,1-3H3,(H,37,42)(H,38,41). The molecule has 5 rings (SSSR count). The van der Waals surface area contributed by atoms with Crippen LogP contribution in [0, 0.1) is 5.92 Å². The van der Waals surface area contributed by atoms with Gasteiger partial charge >= 0.3 is 0 Å². The number of rotatable bonds is 6. The molecule has 0 bridgehead atoms. The lowest BCUT2D eigenvalue weighted by atomic mass is 9.86. The molecule has 8 nitrogen and oxygen atoms in total. The summed E-state index contributed by atoms with van der Waals surface area (Å²) < 4.78 is 0. The van der Waals surface area contributed by atoms with E-state index in [1.807, 2.05) is 41.3 Å². The van der Waals surface area contributed by atoms with Crippen molar-refractivity contribution in [3.8, 4) is 0 Å². The lowest BCUT2D eigenvalue weighted by molar-refractivity contribution is -0.136. The average Bonchev–Trinajstić information content (AvgIpc) is 3.02. The summed E-state index contributed by atoms with van der Waals surface area (Å²) in [7, 11) is 0. The van der Waals surface area contributed by atoms with Crippen LogP contribution in [0.1, 0.15) is 105 Å². The van der Waals surface area contributed by atoms with Gasteiger partial charge in [-0.2, -0.15) is 0 Å². The van der Waals surface area contributed by atoms with Crippen LogP contribution in [0.15, 0.2) is 42.5 Å². The molecular formula is C35H49N5O3. The van der Waals surface area contributed by atoms with Gasteiger partial charge in [-0.1, -0.05) is 52.2 Å². The Morgan fingerprint density at radius 1 is 0.767 bits per heavy atom. The van der Waals surface area contributed by atoms with Gasteiger partial charge in [0.1, 0.15) is 0 Å². The first-order valence-electron chi connectivity index (χ1n) is 16.2. The van der Waals surface area contributed by atoms with E-state index in [1.165, 1.54) is 6.42 Å². The van der Waals surface area contributed by atoms with E-state index < -0.39 is 0 Å². The molecule has 3 fully saturated rings. The Bertz CT molecular complexity index is 1280. The third kappa shape index (κ3) is 7.77. The Labute approximate surface area is 256 Å². The summed E-state index contributed by atoms with van der Waals surface area (Å²) >= 11 is 0. The van der Waals surface area contributed by atoms with Gasteiger partial charge in [0, 0.05) is 55.3 Å². The number of piperazine rings is 1. The lowest BCUT2D eigenvalue weighted by Crippen LogP contribution is -2.50. The Kier molecular flexibility index (Phi) is 9.75. The molecule has 4 N–H and O–H groups in total. The summed E-state index contributed by atoms with van der Waals surface area (Å²) in [5, 5.41) is 6.29. The largest absolute Gasteiger partial charge is 0.366 e. The van der Waals surface area contributed by atoms with Crippen molar-refractivity contribution in [2.24, 2.45) is 11.7 Å². The van der Waals surface area contributed by atoms with Crippen molar-refractivity contribution >= 4 is 29.1 Å². The number of hydrogen-bond donors (Lipinski definition) is 3. The Morgan fingerprint density at radius 3 is 2.02 bits per heavy atom. The number of nitrogens with zero attached hydrogens (tertiary/aromatic N) is 2. The molecular weight excluding hydrogens is 538 g/mol. The molecule has 0 atom stereocenters. The van der Waals surface area contributed by atoms with Gasteiger partial charge in [-0.15, -0.1) is 0 Å². The van der Waals surface area contributed by atoms with E-state index in [4.69, 9.17) is 5.73 Å². The van der Waals surface area contributed by atoms with E-state index in [9.17, 15) is 14.4 Å². The number of hydrogen-bond acceptors (Lipinski definition) is 5. The number of anilines is 2. The van der Waals surface area contributed by atoms with Crippen molar-refractivity contribution in [2.75, 3.05) is 36.4 Å². The second-order valence-electron chi connectivity index (χ2n) is 13.7. The van der Waals surface area contributed by atoms with E-state index in [-0.39, 0.29) is 35.2 Å². The van der Waals surface area contributed by atoms with Crippen LogP contribution < -0.4 is 21.3 Å². The van der Waals surface area contributed by atoms with Crippen molar-refractivity contribution < 1.29 is 14.4 Å². The van der Waals surface area contributed by atoms with E-state index in [0.29, 0.717) is 48.9 Å². The Morgan fingerprint density at radius 2 is 1.40 bits per heavy atom. The number of nitrogens with two attached hydrogens (primary N) is 1. The van der Waals surface area contributed by atoms with Gasteiger partial charge < -0.3 is 26.2 Å². The first kappa shape index (κ1) is 31.0. The maximum atomic E-state index is 13.5. The monoisotopic (exact) mass is 587 g/mol. The summed E-state index contributed by atoms with van der Waals surface area (Å²) in [6.45, 7) is 9.11. The minimum Gasteiger partial charge on any atom is -0.366 e. The van der Waals surface area contributed by atoms with Gasteiger partial charge in [0.2, 0.25) is 5.91 Å². The highest BCUT2D eigenvalue weighted by molar-refractivity contribution is 6.07. The predicted molar refractivity (Wildman–Crippen MR) is 173 cm³/mol. The smallest absolute Gasteiger partial charge is 0.255 e. The van der Waals surface area contributed by atoms with E-state index in [0.717, 1.165) is 62.6 Å². The summed E-state index contributed by atoms with van der Waals surface area (Å²) in [6, 6.07) is 13.6. The number of carbonyl (C=O) groups is 3. The highest BCUT2D eigenvalue weighted by Gasteiger charge is 2.30. The van der Waals surface area contributed by atoms with Gasteiger partial charge in [-0.3, -0.25) is 14.4 Å². The van der Waals surface area contributed by atoms with Crippen molar-refractivity contribution in [2.45, 2.75) is 96.1 Å². The van der Waals surface area contributed by atoms with Gasteiger partial charge in [-0.05, 0) is 79.8 Å². The molecule has 0 unspecified atom stereocenters. The average molecular weight is 588 g/mol. The molecule has 0 aromatic heterocycles. The Balaban J connectivity index is 1.33. The van der Waals surface area contributed by atoms with Crippen LogP contribution in [0.4, 0.5) is 11.4 Å². The van der Waals surface area contributed by atoms with Crippen LogP contribution in [0.3, 0.4) is 0 Å². The molecule has 232 valence electrons. The predicted octanol–water partition coefficient (Wildman–Crippen LogP) is 5.47. The summed E-state index contributed by atoms with van der Waals surface area (Å²) in [5.41, 5.74) is 9.76. The van der Waals surface area contributed by atoms with Crippen LogP contribution in [-0.2, 0) is 10.2 Å². The minimum atomic E-state index is -0.216. The highest BCUT2D eigenvalue weighted by Crippen LogP contribution is 2.31. The molecule has 1 aliphatic heterocycles. The number of amides is 3. The van der Waals surface area contributed by atoms with Crippen LogP contribution in [0.25, 0.3) is 0 Å². The van der Waals surface area contributed by atoms with Crippen molar-refractivity contribution in [1.82, 2.24) is 10.2 Å². The van der Waals surface area contributed by atoms with E-state index in [2.05, 4.69) is 36.3 Å². The quantitative estimate of drug-likeness (QED) is 0.416. The van der Waals surface area contributed by atoms with Crippen LogP contribution >= 0.6 is 0 Å². The fourth-order valence-electron chi connectivity index (χ4n) is 6.68. The Hall–Kier alpha value is -3.39. The minimum absolute atomic E-state index is 0.00617. The van der Waals surface area contributed by atoms with Crippen molar-refractivity contribution in [3.05, 3.63) is 59.2 Å². The van der Waals surface area contributed by atoms with Gasteiger partial charge in [0.25, 0.3) is 11.8 Å². The van der Waals surface area contributed by atoms with Gasteiger partial charge in [-0.25, -0.2) is 0 Å². The fraction of sp³-hybridized carbons (Fsp3) is 0.571. The number of benzene rings is 2. The van der Waals surface area contributed by atoms with Gasteiger partial charge in [0.15, 0.2) is 0 Å². The second kappa shape index (κ2) is 13.5. The van der Waals surface area contributed by atoms with Crippen molar-refractivity contribution in [3.63, 3.8) is 0 Å². The van der Waals surface area contributed by atoms with Gasteiger partial charge in [0.05, 0.1) is 11.4 Å². The molecule has 3 aliphatic rings. The number of nitrogens with one attached hydrogen (secondary N) is 2. The zero-order valence-electron chi connectivity index (χ0n) is 26.2. The molecule has 0 spiro atoms. The normalized spacial score (nSPS) is 21.8. The fourth-order valence-corrected chi connectivity index (χ4v) is 6.68. The summed E-state index contributed by atoms with van der Waals surface area (Å²) in [6.07, 6.45) is 9.11. The van der Waals surface area contributed by atoms with E-state index >= 15 is 0 Å². The van der Waals surface area contributed by atoms with E-state index in [1.54, 1.807) is 6.07 Å². The molecule has 1 heterocycles. The van der Waals surface area contributed by atoms with Crippen molar-refractivity contribution in [1.29, 1.82) is 0 Å². The summed E-state index contributed by atoms with van der Waals surface area (Å²) in [5.74, 6) is 0.103. The molecule has 3 amide bonds. The maximum Gasteiger partial charge on any atom is 0.255 e. The maximum absolute atomic E-state index is 13.5. The highest BCUT2D eigenvalue weighted by atomic mass is 16.2.